The van der Waals surface area contributed by atoms with Crippen molar-refractivity contribution in [2.24, 2.45) is 0 Å². The van der Waals surface area contributed by atoms with Gasteiger partial charge in [0, 0.05) is 23.4 Å². The van der Waals surface area contributed by atoms with Crippen LogP contribution in [0.3, 0.4) is 0 Å². The molecule has 0 radical (unpaired) electrons. The van der Waals surface area contributed by atoms with E-state index in [2.05, 4.69) is 5.32 Å². The van der Waals surface area contributed by atoms with Crippen LogP contribution in [0.5, 0.6) is 0 Å². The van der Waals surface area contributed by atoms with Gasteiger partial charge in [-0.2, -0.15) is 0 Å². The smallest absolute Gasteiger partial charge is 0.194 e. The fourth-order valence-electron chi connectivity index (χ4n) is 2.00. The lowest BCUT2D eigenvalue weighted by Crippen LogP contribution is -2.12. The molecule has 1 unspecified atom stereocenters. The Kier molecular flexibility index (Phi) is 4.27. The Balaban J connectivity index is 2.30. The van der Waals surface area contributed by atoms with Crippen LogP contribution in [0.2, 0.25) is 0 Å². The Morgan fingerprint density at radius 3 is 2.10 bits per heavy atom. The first-order valence-corrected chi connectivity index (χ1v) is 6.18. The van der Waals surface area contributed by atoms with Gasteiger partial charge in [-0.05, 0) is 12.5 Å². The van der Waals surface area contributed by atoms with Gasteiger partial charge in [-0.3, -0.25) is 0 Å². The van der Waals surface area contributed by atoms with E-state index in [0.717, 1.165) is 12.1 Å². The summed E-state index contributed by atoms with van der Waals surface area (Å²) in [7, 11) is 0. The molecule has 0 aliphatic rings. The van der Waals surface area contributed by atoms with Crippen molar-refractivity contribution in [2.45, 2.75) is 19.4 Å². The van der Waals surface area contributed by atoms with E-state index < -0.39 is 29.3 Å². The Morgan fingerprint density at radius 1 is 0.950 bits per heavy atom. The van der Waals surface area contributed by atoms with E-state index in [0.29, 0.717) is 12.0 Å². The predicted octanol–water partition coefficient (Wildman–Crippen LogP) is 4.81. The second kappa shape index (κ2) is 5.94. The highest BCUT2D eigenvalue weighted by Gasteiger charge is 2.16. The molecule has 1 N–H and O–H groups in total. The van der Waals surface area contributed by atoms with E-state index >= 15 is 0 Å². The molecule has 0 spiro atoms. The van der Waals surface area contributed by atoms with Crippen molar-refractivity contribution >= 4 is 5.69 Å². The van der Waals surface area contributed by atoms with E-state index in [1.807, 2.05) is 0 Å². The van der Waals surface area contributed by atoms with Crippen LogP contribution in [-0.4, -0.2) is 0 Å². The number of anilines is 1. The van der Waals surface area contributed by atoms with Crippen molar-refractivity contribution in [1.29, 1.82) is 0 Å². The molecule has 2 rings (SSSR count). The lowest BCUT2D eigenvalue weighted by atomic mass is 10.0. The predicted molar refractivity (Wildman–Crippen MR) is 69.4 cm³/mol. The third kappa shape index (κ3) is 2.92. The average Bonchev–Trinajstić information content (AvgIpc) is 2.43. The molecule has 0 aromatic heterocycles. The molecule has 106 valence electrons. The summed E-state index contributed by atoms with van der Waals surface area (Å²) in [4.78, 5) is 0. The summed E-state index contributed by atoms with van der Waals surface area (Å²) in [6.07, 6.45) is 0.502. The van der Waals surface area contributed by atoms with Gasteiger partial charge >= 0.3 is 0 Å². The number of hydrogen-bond acceptors (Lipinski definition) is 1. The summed E-state index contributed by atoms with van der Waals surface area (Å²) < 4.78 is 52.9. The molecule has 2 aromatic rings. The van der Waals surface area contributed by atoms with Crippen LogP contribution in [0, 0.1) is 23.3 Å². The van der Waals surface area contributed by atoms with Gasteiger partial charge < -0.3 is 5.32 Å². The Morgan fingerprint density at radius 2 is 1.55 bits per heavy atom. The lowest BCUT2D eigenvalue weighted by Gasteiger charge is -2.19. The number of benzene rings is 2. The minimum Gasteiger partial charge on any atom is -0.378 e. The third-order valence-corrected chi connectivity index (χ3v) is 3.01. The molecule has 0 aliphatic heterocycles. The summed E-state index contributed by atoms with van der Waals surface area (Å²) in [5.41, 5.74) is 0.455. The first-order chi connectivity index (χ1) is 9.52. The number of halogens is 4. The highest BCUT2D eigenvalue weighted by Crippen LogP contribution is 2.26. The van der Waals surface area contributed by atoms with E-state index in [1.165, 1.54) is 6.07 Å². The molecule has 0 saturated heterocycles. The molecular weight excluding hydrogens is 270 g/mol. The Labute approximate surface area is 114 Å². The van der Waals surface area contributed by atoms with Crippen molar-refractivity contribution in [3.8, 4) is 0 Å². The fourth-order valence-corrected chi connectivity index (χ4v) is 2.00. The first kappa shape index (κ1) is 14.4. The van der Waals surface area contributed by atoms with Crippen LogP contribution in [-0.2, 0) is 0 Å². The molecule has 1 nitrogen and oxygen atoms in total. The molecule has 5 heteroatoms. The normalized spacial score (nSPS) is 12.2. The van der Waals surface area contributed by atoms with Gasteiger partial charge in [0.1, 0.15) is 5.82 Å². The third-order valence-electron chi connectivity index (χ3n) is 3.01. The maximum absolute atomic E-state index is 13.7. The highest BCUT2D eigenvalue weighted by molar-refractivity contribution is 5.46. The van der Waals surface area contributed by atoms with Crippen molar-refractivity contribution in [2.75, 3.05) is 5.32 Å². The molecule has 2 aromatic carbocycles. The van der Waals surface area contributed by atoms with Crippen LogP contribution >= 0.6 is 0 Å². The highest BCUT2D eigenvalue weighted by atomic mass is 19.2. The Bertz CT molecular complexity index is 590. The fraction of sp³-hybridized carbons (Fsp3) is 0.200. The standard InChI is InChI=1S/C15H13F4N/c1-2-14(10-5-3-4-6-11(10)16)20-9-7-12(17)15(19)13(18)8-9/h3-8,14,20H,2H2,1H3. The molecule has 0 heterocycles. The monoisotopic (exact) mass is 283 g/mol. The summed E-state index contributed by atoms with van der Waals surface area (Å²) in [5.74, 6) is -4.49. The second-order valence-electron chi connectivity index (χ2n) is 4.38. The van der Waals surface area contributed by atoms with Gasteiger partial charge in [0.25, 0.3) is 0 Å². The van der Waals surface area contributed by atoms with Crippen LogP contribution < -0.4 is 5.32 Å². The number of nitrogens with one attached hydrogen (secondary N) is 1. The van der Waals surface area contributed by atoms with Crippen LogP contribution in [0.1, 0.15) is 24.9 Å². The Hall–Kier alpha value is -2.04. The van der Waals surface area contributed by atoms with E-state index in [-0.39, 0.29) is 5.69 Å². The maximum atomic E-state index is 13.7. The number of hydrogen-bond donors (Lipinski definition) is 1. The van der Waals surface area contributed by atoms with Gasteiger partial charge in [-0.15, -0.1) is 0 Å². The minimum absolute atomic E-state index is 0.0662. The van der Waals surface area contributed by atoms with Crippen LogP contribution in [0.15, 0.2) is 36.4 Å². The molecule has 0 saturated carbocycles. The van der Waals surface area contributed by atoms with Gasteiger partial charge in [-0.1, -0.05) is 25.1 Å². The van der Waals surface area contributed by atoms with Gasteiger partial charge in [0.2, 0.25) is 0 Å². The van der Waals surface area contributed by atoms with Gasteiger partial charge in [-0.25, -0.2) is 17.6 Å². The summed E-state index contributed by atoms with van der Waals surface area (Å²) in [6.45, 7) is 1.81. The molecule has 1 atom stereocenters. The summed E-state index contributed by atoms with van der Waals surface area (Å²) in [6, 6.07) is 7.37. The zero-order valence-electron chi connectivity index (χ0n) is 10.8. The molecule has 0 amide bonds. The quantitative estimate of drug-likeness (QED) is 0.627. The molecule has 0 bridgehead atoms. The molecular formula is C15H13F4N. The SMILES string of the molecule is CCC(Nc1cc(F)c(F)c(F)c1)c1ccccc1F. The van der Waals surface area contributed by atoms with Crippen molar-refractivity contribution in [3.05, 3.63) is 65.2 Å². The van der Waals surface area contributed by atoms with E-state index in [1.54, 1.807) is 25.1 Å². The zero-order chi connectivity index (χ0) is 14.7. The molecule has 0 aliphatic carbocycles. The zero-order valence-corrected chi connectivity index (χ0v) is 10.8. The molecule has 0 fully saturated rings. The minimum atomic E-state index is -1.52. The van der Waals surface area contributed by atoms with Crippen molar-refractivity contribution < 1.29 is 17.6 Å². The van der Waals surface area contributed by atoms with Gasteiger partial charge in [0.05, 0.1) is 6.04 Å². The van der Waals surface area contributed by atoms with Crippen LogP contribution in [0.4, 0.5) is 23.2 Å². The van der Waals surface area contributed by atoms with Crippen LogP contribution in [0.25, 0.3) is 0 Å². The van der Waals surface area contributed by atoms with Crippen molar-refractivity contribution in [1.82, 2.24) is 0 Å². The topological polar surface area (TPSA) is 12.0 Å². The summed E-state index contributed by atoms with van der Waals surface area (Å²) in [5, 5.41) is 2.81. The number of rotatable bonds is 4. The first-order valence-electron chi connectivity index (χ1n) is 6.18. The summed E-state index contributed by atoms with van der Waals surface area (Å²) >= 11 is 0. The average molecular weight is 283 g/mol. The maximum Gasteiger partial charge on any atom is 0.194 e. The van der Waals surface area contributed by atoms with Crippen molar-refractivity contribution in [3.63, 3.8) is 0 Å². The largest absolute Gasteiger partial charge is 0.378 e. The lowest BCUT2D eigenvalue weighted by molar-refractivity contribution is 0.447. The van der Waals surface area contributed by atoms with E-state index in [4.69, 9.17) is 0 Å². The molecule has 20 heavy (non-hydrogen) atoms. The van der Waals surface area contributed by atoms with Gasteiger partial charge in [0.15, 0.2) is 17.5 Å². The second-order valence-corrected chi connectivity index (χ2v) is 4.38. The van der Waals surface area contributed by atoms with E-state index in [9.17, 15) is 17.6 Å².